The summed E-state index contributed by atoms with van der Waals surface area (Å²) in [5.41, 5.74) is 0. The van der Waals surface area contributed by atoms with Gasteiger partial charge < -0.3 is 10.4 Å². The zero-order valence-electron chi connectivity index (χ0n) is 8.60. The number of hydrogen-bond acceptors (Lipinski definition) is 5. The molecule has 1 saturated heterocycles. The molecule has 0 aromatic heterocycles. The number of aliphatic carboxylic acids is 1. The third kappa shape index (κ3) is 4.58. The Bertz CT molecular complexity index is 378. The van der Waals surface area contributed by atoms with E-state index in [2.05, 4.69) is 10.6 Å². The number of carboxylic acid groups (broad SMARTS) is 1. The van der Waals surface area contributed by atoms with E-state index in [-0.39, 0.29) is 36.5 Å². The second-order valence-electron chi connectivity index (χ2n) is 3.66. The lowest BCUT2D eigenvalue weighted by Crippen LogP contribution is -2.42. The Morgan fingerprint density at radius 3 is 2.50 bits per heavy atom. The Balaban J connectivity index is 2.23. The van der Waals surface area contributed by atoms with Gasteiger partial charge >= 0.3 is 5.97 Å². The Kier molecular flexibility index (Phi) is 4.25. The summed E-state index contributed by atoms with van der Waals surface area (Å²) in [7, 11) is -3.00. The van der Waals surface area contributed by atoms with Crippen LogP contribution in [0.25, 0.3) is 0 Å². The van der Waals surface area contributed by atoms with Crippen molar-refractivity contribution in [2.24, 2.45) is 0 Å². The largest absolute Gasteiger partial charge is 0.480 e. The molecule has 1 heterocycles. The van der Waals surface area contributed by atoms with Crippen molar-refractivity contribution in [2.45, 2.75) is 12.5 Å². The monoisotopic (exact) mass is 250 g/mol. The fourth-order valence-corrected chi connectivity index (χ4v) is 3.14. The number of amides is 1. The Morgan fingerprint density at radius 1 is 1.31 bits per heavy atom. The quantitative estimate of drug-likeness (QED) is 0.518. The summed E-state index contributed by atoms with van der Waals surface area (Å²) in [4.78, 5) is 21.4. The van der Waals surface area contributed by atoms with Crippen molar-refractivity contribution in [1.82, 2.24) is 10.6 Å². The van der Waals surface area contributed by atoms with Gasteiger partial charge in [0.2, 0.25) is 5.91 Å². The van der Waals surface area contributed by atoms with Crippen LogP contribution < -0.4 is 10.6 Å². The third-order valence-electron chi connectivity index (χ3n) is 2.16. The van der Waals surface area contributed by atoms with Crippen LogP contribution in [0.15, 0.2) is 0 Å². The molecule has 1 atom stereocenters. The molecule has 16 heavy (non-hydrogen) atoms. The molecule has 8 heteroatoms. The zero-order valence-corrected chi connectivity index (χ0v) is 9.42. The maximum Gasteiger partial charge on any atom is 0.317 e. The van der Waals surface area contributed by atoms with Crippen LogP contribution >= 0.6 is 0 Å². The van der Waals surface area contributed by atoms with Crippen molar-refractivity contribution in [1.29, 1.82) is 0 Å². The number of carbonyl (C=O) groups is 2. The predicted molar refractivity (Wildman–Crippen MR) is 55.7 cm³/mol. The fraction of sp³-hybridized carbons (Fsp3) is 0.750. The minimum atomic E-state index is -3.00. The standard InChI is InChI=1S/C8H14N2O5S/c11-7(3-9-4-8(12)13)10-6-1-2-16(14,15)5-6/h6,9H,1-5H2,(H,10,11)(H,12,13). The lowest BCUT2D eigenvalue weighted by atomic mass is 10.2. The highest BCUT2D eigenvalue weighted by atomic mass is 32.2. The summed E-state index contributed by atoms with van der Waals surface area (Å²) in [5, 5.41) is 13.3. The summed E-state index contributed by atoms with van der Waals surface area (Å²) >= 11 is 0. The van der Waals surface area contributed by atoms with Crippen LogP contribution in [0.5, 0.6) is 0 Å². The van der Waals surface area contributed by atoms with Gasteiger partial charge in [-0.25, -0.2) is 8.42 Å². The first-order chi connectivity index (χ1) is 7.39. The number of hydrogen-bond donors (Lipinski definition) is 3. The average molecular weight is 250 g/mol. The Labute approximate surface area is 93.1 Å². The maximum absolute atomic E-state index is 11.2. The normalized spacial score (nSPS) is 22.9. The van der Waals surface area contributed by atoms with E-state index in [4.69, 9.17) is 5.11 Å². The van der Waals surface area contributed by atoms with Crippen molar-refractivity contribution in [3.8, 4) is 0 Å². The molecular weight excluding hydrogens is 236 g/mol. The minimum absolute atomic E-state index is 0.0301. The van der Waals surface area contributed by atoms with Gasteiger partial charge in [0.1, 0.15) is 0 Å². The van der Waals surface area contributed by atoms with E-state index >= 15 is 0 Å². The van der Waals surface area contributed by atoms with E-state index in [1.807, 2.05) is 0 Å². The molecule has 3 N–H and O–H groups in total. The van der Waals surface area contributed by atoms with Gasteiger partial charge in [0.15, 0.2) is 9.84 Å². The van der Waals surface area contributed by atoms with Gasteiger partial charge in [0, 0.05) is 6.04 Å². The smallest absolute Gasteiger partial charge is 0.317 e. The van der Waals surface area contributed by atoms with Crippen molar-refractivity contribution < 1.29 is 23.1 Å². The molecule has 0 radical (unpaired) electrons. The number of carboxylic acids is 1. The molecule has 0 aromatic rings. The molecule has 1 unspecified atom stereocenters. The summed E-state index contributed by atoms with van der Waals surface area (Å²) in [5.74, 6) is -1.36. The summed E-state index contributed by atoms with van der Waals surface area (Å²) in [6.45, 7) is -0.417. The highest BCUT2D eigenvalue weighted by Crippen LogP contribution is 2.10. The summed E-state index contributed by atoms with van der Waals surface area (Å²) in [6, 6.07) is -0.343. The number of rotatable bonds is 5. The van der Waals surface area contributed by atoms with Crippen LogP contribution in [0, 0.1) is 0 Å². The van der Waals surface area contributed by atoms with E-state index in [0.717, 1.165) is 0 Å². The van der Waals surface area contributed by atoms with Gasteiger partial charge in [-0.15, -0.1) is 0 Å². The fourth-order valence-electron chi connectivity index (χ4n) is 1.47. The average Bonchev–Trinajstić information content (AvgIpc) is 2.44. The van der Waals surface area contributed by atoms with Crippen LogP contribution in [0.4, 0.5) is 0 Å². The van der Waals surface area contributed by atoms with Crippen molar-refractivity contribution in [3.63, 3.8) is 0 Å². The van der Waals surface area contributed by atoms with Crippen molar-refractivity contribution >= 4 is 21.7 Å². The molecule has 0 aliphatic carbocycles. The third-order valence-corrected chi connectivity index (χ3v) is 3.93. The van der Waals surface area contributed by atoms with E-state index in [0.29, 0.717) is 6.42 Å². The molecule has 1 aliphatic heterocycles. The second-order valence-corrected chi connectivity index (χ2v) is 5.89. The molecule has 0 saturated carbocycles. The van der Waals surface area contributed by atoms with E-state index < -0.39 is 15.8 Å². The molecule has 0 bridgehead atoms. The van der Waals surface area contributed by atoms with Crippen LogP contribution in [0.1, 0.15) is 6.42 Å². The molecular formula is C8H14N2O5S. The second kappa shape index (κ2) is 5.26. The van der Waals surface area contributed by atoms with E-state index in [1.54, 1.807) is 0 Å². The summed E-state index contributed by atoms with van der Waals surface area (Å²) in [6.07, 6.45) is 0.424. The first kappa shape index (κ1) is 12.9. The van der Waals surface area contributed by atoms with Gasteiger partial charge in [0.05, 0.1) is 24.6 Å². The molecule has 1 rings (SSSR count). The lowest BCUT2D eigenvalue weighted by Gasteiger charge is -2.10. The molecule has 0 aromatic carbocycles. The Morgan fingerprint density at radius 2 is 2.00 bits per heavy atom. The topological polar surface area (TPSA) is 113 Å². The van der Waals surface area contributed by atoms with Gasteiger partial charge in [-0.3, -0.25) is 14.9 Å². The molecule has 92 valence electrons. The van der Waals surface area contributed by atoms with Crippen LogP contribution in [-0.4, -0.2) is 56.0 Å². The number of nitrogens with one attached hydrogen (secondary N) is 2. The molecule has 1 aliphatic rings. The molecule has 1 fully saturated rings. The van der Waals surface area contributed by atoms with E-state index in [9.17, 15) is 18.0 Å². The van der Waals surface area contributed by atoms with E-state index in [1.165, 1.54) is 0 Å². The van der Waals surface area contributed by atoms with Gasteiger partial charge in [-0.1, -0.05) is 0 Å². The van der Waals surface area contributed by atoms with Crippen LogP contribution in [0.2, 0.25) is 0 Å². The highest BCUT2D eigenvalue weighted by molar-refractivity contribution is 7.91. The van der Waals surface area contributed by atoms with Gasteiger partial charge in [-0.2, -0.15) is 0 Å². The van der Waals surface area contributed by atoms with Crippen molar-refractivity contribution in [2.75, 3.05) is 24.6 Å². The predicted octanol–water partition coefficient (Wildman–Crippen LogP) is -2.04. The SMILES string of the molecule is O=C(O)CNCC(=O)NC1CCS(=O)(=O)C1. The zero-order chi connectivity index (χ0) is 12.2. The molecule has 7 nitrogen and oxygen atoms in total. The number of carbonyl (C=O) groups excluding carboxylic acids is 1. The van der Waals surface area contributed by atoms with Crippen molar-refractivity contribution in [3.05, 3.63) is 0 Å². The minimum Gasteiger partial charge on any atom is -0.480 e. The first-order valence-electron chi connectivity index (χ1n) is 4.81. The maximum atomic E-state index is 11.2. The highest BCUT2D eigenvalue weighted by Gasteiger charge is 2.28. The van der Waals surface area contributed by atoms with Crippen LogP contribution in [-0.2, 0) is 19.4 Å². The van der Waals surface area contributed by atoms with Crippen LogP contribution in [0.3, 0.4) is 0 Å². The lowest BCUT2D eigenvalue weighted by molar-refractivity contribution is -0.136. The van der Waals surface area contributed by atoms with Gasteiger partial charge in [0.25, 0.3) is 0 Å². The summed E-state index contributed by atoms with van der Waals surface area (Å²) < 4.78 is 22.2. The molecule has 0 spiro atoms. The number of sulfone groups is 1. The molecule has 1 amide bonds. The Hall–Kier alpha value is -1.15. The first-order valence-corrected chi connectivity index (χ1v) is 6.63. The van der Waals surface area contributed by atoms with Gasteiger partial charge in [-0.05, 0) is 6.42 Å².